The Bertz CT molecular complexity index is 572. The van der Waals surface area contributed by atoms with E-state index < -0.39 is 18.4 Å². The lowest BCUT2D eigenvalue weighted by Crippen LogP contribution is -2.24. The van der Waals surface area contributed by atoms with Crippen LogP contribution < -0.4 is 5.73 Å². The van der Waals surface area contributed by atoms with Crippen molar-refractivity contribution >= 4 is 17.0 Å². The Morgan fingerprint density at radius 2 is 2.28 bits per heavy atom. The molecule has 4 N–H and O–H groups in total. The third kappa shape index (κ3) is 1.62. The highest BCUT2D eigenvalue weighted by atomic mass is 16.5. The summed E-state index contributed by atoms with van der Waals surface area (Å²) in [6, 6.07) is 0. The summed E-state index contributed by atoms with van der Waals surface area (Å²) in [5.41, 5.74) is 6.75. The standard InChI is InChI=1S/C10H13N5O3/c11-9-8-10(13-3-12-9)15(4-14-8)7-1-5(17)6(2-16)18-7/h3-7,16-17H,1-2H2,(H2,11,12,13)/t5?,6-,7-/m1/s1. The summed E-state index contributed by atoms with van der Waals surface area (Å²) in [7, 11) is 0. The van der Waals surface area contributed by atoms with Gasteiger partial charge in [-0.3, -0.25) is 4.57 Å². The second kappa shape index (κ2) is 4.16. The van der Waals surface area contributed by atoms with Crippen molar-refractivity contribution in [1.29, 1.82) is 0 Å². The summed E-state index contributed by atoms with van der Waals surface area (Å²) in [4.78, 5) is 12.1. The number of aliphatic hydroxyl groups is 2. The van der Waals surface area contributed by atoms with E-state index in [9.17, 15) is 5.11 Å². The van der Waals surface area contributed by atoms with Gasteiger partial charge in [0, 0.05) is 6.42 Å². The Morgan fingerprint density at radius 3 is 3.00 bits per heavy atom. The number of nitrogens with two attached hydrogens (primary N) is 1. The van der Waals surface area contributed by atoms with Gasteiger partial charge in [0.25, 0.3) is 0 Å². The summed E-state index contributed by atoms with van der Waals surface area (Å²) in [6.07, 6.45) is 1.60. The summed E-state index contributed by atoms with van der Waals surface area (Å²) in [5, 5.41) is 18.8. The average Bonchev–Trinajstić information content (AvgIpc) is 2.93. The number of ether oxygens (including phenoxy) is 1. The van der Waals surface area contributed by atoms with Gasteiger partial charge >= 0.3 is 0 Å². The number of aromatic nitrogens is 4. The van der Waals surface area contributed by atoms with Crippen LogP contribution in [0.25, 0.3) is 11.2 Å². The Hall–Kier alpha value is -1.77. The predicted octanol–water partition coefficient (Wildman–Crippen LogP) is -0.951. The maximum absolute atomic E-state index is 9.71. The maximum atomic E-state index is 9.71. The van der Waals surface area contributed by atoms with Gasteiger partial charge in [0.15, 0.2) is 11.5 Å². The molecule has 2 aromatic heterocycles. The van der Waals surface area contributed by atoms with E-state index in [-0.39, 0.29) is 6.61 Å². The van der Waals surface area contributed by atoms with E-state index in [4.69, 9.17) is 15.6 Å². The topological polar surface area (TPSA) is 119 Å². The van der Waals surface area contributed by atoms with Crippen LogP contribution in [0, 0.1) is 0 Å². The van der Waals surface area contributed by atoms with Gasteiger partial charge in [-0.1, -0.05) is 0 Å². The highest BCUT2D eigenvalue weighted by molar-refractivity contribution is 5.81. The Kier molecular flexibility index (Phi) is 2.62. The van der Waals surface area contributed by atoms with Crippen LogP contribution in [-0.4, -0.2) is 48.5 Å². The molecule has 0 bridgehead atoms. The fourth-order valence-corrected chi connectivity index (χ4v) is 2.13. The van der Waals surface area contributed by atoms with Gasteiger partial charge in [0.1, 0.15) is 24.2 Å². The maximum Gasteiger partial charge on any atom is 0.167 e. The fourth-order valence-electron chi connectivity index (χ4n) is 2.13. The SMILES string of the molecule is Nc1ncnc2c1ncn2[C@H]1CC(O)[C@@H](CO)O1. The summed E-state index contributed by atoms with van der Waals surface area (Å²) in [6.45, 7) is -0.221. The van der Waals surface area contributed by atoms with Gasteiger partial charge in [-0.25, -0.2) is 15.0 Å². The molecule has 1 saturated heterocycles. The lowest BCUT2D eigenvalue weighted by atomic mass is 10.2. The molecule has 1 unspecified atom stereocenters. The first kappa shape index (κ1) is 11.3. The van der Waals surface area contributed by atoms with E-state index in [0.717, 1.165) is 0 Å². The highest BCUT2D eigenvalue weighted by Gasteiger charge is 2.35. The number of rotatable bonds is 2. The van der Waals surface area contributed by atoms with Crippen LogP contribution in [0.1, 0.15) is 12.6 Å². The predicted molar refractivity (Wildman–Crippen MR) is 61.4 cm³/mol. The fraction of sp³-hybridized carbons (Fsp3) is 0.500. The molecule has 3 atom stereocenters. The van der Waals surface area contributed by atoms with Crippen molar-refractivity contribution in [3.63, 3.8) is 0 Å². The van der Waals surface area contributed by atoms with Crippen LogP contribution in [0.4, 0.5) is 5.82 Å². The monoisotopic (exact) mass is 251 g/mol. The average molecular weight is 251 g/mol. The molecule has 1 fully saturated rings. The molecule has 8 nitrogen and oxygen atoms in total. The highest BCUT2D eigenvalue weighted by Crippen LogP contribution is 2.30. The first-order valence-corrected chi connectivity index (χ1v) is 5.58. The molecule has 3 heterocycles. The number of hydrogen-bond acceptors (Lipinski definition) is 7. The Balaban J connectivity index is 1.99. The van der Waals surface area contributed by atoms with Crippen molar-refractivity contribution in [3.05, 3.63) is 12.7 Å². The van der Waals surface area contributed by atoms with Crippen molar-refractivity contribution in [2.75, 3.05) is 12.3 Å². The molecule has 18 heavy (non-hydrogen) atoms. The van der Waals surface area contributed by atoms with E-state index in [1.165, 1.54) is 6.33 Å². The molecule has 0 saturated carbocycles. The molecule has 3 rings (SSSR count). The van der Waals surface area contributed by atoms with Crippen molar-refractivity contribution in [3.8, 4) is 0 Å². The molecule has 0 aromatic carbocycles. The number of imidazole rings is 1. The number of aliphatic hydroxyl groups excluding tert-OH is 2. The van der Waals surface area contributed by atoms with Gasteiger partial charge < -0.3 is 20.7 Å². The van der Waals surface area contributed by atoms with Crippen molar-refractivity contribution in [2.45, 2.75) is 24.9 Å². The lowest BCUT2D eigenvalue weighted by Gasteiger charge is -2.13. The molecule has 0 spiro atoms. The number of nitrogens with zero attached hydrogens (tertiary/aromatic N) is 4. The molecule has 96 valence electrons. The van der Waals surface area contributed by atoms with Crippen LogP contribution in [0.5, 0.6) is 0 Å². The first-order valence-electron chi connectivity index (χ1n) is 5.58. The number of fused-ring (bicyclic) bond motifs is 1. The van der Waals surface area contributed by atoms with E-state index in [2.05, 4.69) is 15.0 Å². The van der Waals surface area contributed by atoms with Crippen molar-refractivity contribution < 1.29 is 14.9 Å². The van der Waals surface area contributed by atoms with Crippen molar-refractivity contribution in [1.82, 2.24) is 19.5 Å². The summed E-state index contributed by atoms with van der Waals surface area (Å²) >= 11 is 0. The number of hydrogen-bond donors (Lipinski definition) is 3. The third-order valence-electron chi connectivity index (χ3n) is 3.08. The quantitative estimate of drug-likeness (QED) is 0.629. The number of nitrogen functional groups attached to an aromatic ring is 1. The second-order valence-electron chi connectivity index (χ2n) is 4.20. The van der Waals surface area contributed by atoms with E-state index >= 15 is 0 Å². The van der Waals surface area contributed by atoms with Crippen LogP contribution in [0.15, 0.2) is 12.7 Å². The third-order valence-corrected chi connectivity index (χ3v) is 3.08. The normalized spacial score (nSPS) is 28.0. The van der Waals surface area contributed by atoms with Crippen molar-refractivity contribution in [2.24, 2.45) is 0 Å². The zero-order valence-electron chi connectivity index (χ0n) is 9.47. The van der Waals surface area contributed by atoms with Gasteiger partial charge in [-0.2, -0.15) is 0 Å². The lowest BCUT2D eigenvalue weighted by molar-refractivity contribution is -0.0432. The zero-order valence-corrected chi connectivity index (χ0v) is 9.47. The Morgan fingerprint density at radius 1 is 1.44 bits per heavy atom. The van der Waals surface area contributed by atoms with Gasteiger partial charge in [0.05, 0.1) is 19.0 Å². The molecule has 0 radical (unpaired) electrons. The first-order chi connectivity index (χ1) is 8.70. The molecular formula is C10H13N5O3. The molecule has 0 aliphatic carbocycles. The second-order valence-corrected chi connectivity index (χ2v) is 4.20. The van der Waals surface area contributed by atoms with Crippen LogP contribution in [-0.2, 0) is 4.74 Å². The van der Waals surface area contributed by atoms with Crippen LogP contribution >= 0.6 is 0 Å². The van der Waals surface area contributed by atoms with Crippen LogP contribution in [0.2, 0.25) is 0 Å². The Labute approximate surface area is 102 Å². The minimum atomic E-state index is -0.698. The van der Waals surface area contributed by atoms with E-state index in [0.29, 0.717) is 23.4 Å². The zero-order chi connectivity index (χ0) is 12.7. The molecule has 1 aliphatic rings. The molecule has 2 aromatic rings. The van der Waals surface area contributed by atoms with Gasteiger partial charge in [-0.05, 0) is 0 Å². The minimum absolute atomic E-state index is 0.221. The van der Waals surface area contributed by atoms with Gasteiger partial charge in [-0.15, -0.1) is 0 Å². The smallest absolute Gasteiger partial charge is 0.167 e. The van der Waals surface area contributed by atoms with Gasteiger partial charge in [0.2, 0.25) is 0 Å². The van der Waals surface area contributed by atoms with Crippen LogP contribution in [0.3, 0.4) is 0 Å². The minimum Gasteiger partial charge on any atom is -0.394 e. The number of anilines is 1. The summed E-state index contributed by atoms with van der Waals surface area (Å²) < 4.78 is 7.22. The molecule has 0 amide bonds. The van der Waals surface area contributed by atoms with E-state index in [1.807, 2.05) is 0 Å². The molecule has 1 aliphatic heterocycles. The largest absolute Gasteiger partial charge is 0.394 e. The van der Waals surface area contributed by atoms with E-state index in [1.54, 1.807) is 10.9 Å². The molecule has 8 heteroatoms. The molecular weight excluding hydrogens is 238 g/mol. The summed E-state index contributed by atoms with van der Waals surface area (Å²) in [5.74, 6) is 0.302.